The Labute approximate surface area is 229 Å². The summed E-state index contributed by atoms with van der Waals surface area (Å²) in [7, 11) is 0. The van der Waals surface area contributed by atoms with Crippen molar-refractivity contribution in [3.63, 3.8) is 0 Å². The van der Waals surface area contributed by atoms with E-state index in [0.717, 1.165) is 12.1 Å². The van der Waals surface area contributed by atoms with Crippen LogP contribution in [0.1, 0.15) is 52.9 Å². The molecule has 3 N–H and O–H groups in total. The molecule has 2 atom stereocenters. The first-order valence-corrected chi connectivity index (χ1v) is 12.4. The summed E-state index contributed by atoms with van der Waals surface area (Å²) in [5, 5.41) is 13.8. The molecule has 0 radical (unpaired) electrons. The van der Waals surface area contributed by atoms with Gasteiger partial charge in [0.15, 0.2) is 0 Å². The molecule has 3 amide bonds. The number of benzene rings is 3. The van der Waals surface area contributed by atoms with Gasteiger partial charge in [0.05, 0.1) is 24.5 Å². The topological polar surface area (TPSA) is 98.7 Å². The molecular formula is C29H27F4N3O4. The molecule has 1 heterocycles. The number of halogens is 4. The first kappa shape index (κ1) is 27.2. The molecule has 210 valence electrons. The van der Waals surface area contributed by atoms with Crippen molar-refractivity contribution in [1.82, 2.24) is 4.90 Å². The predicted octanol–water partition coefficient (Wildman–Crippen LogP) is 6.78. The second-order valence-electron chi connectivity index (χ2n) is 9.62. The van der Waals surface area contributed by atoms with Crippen LogP contribution >= 0.6 is 0 Å². The number of likely N-dealkylation sites (tertiary alicyclic amines) is 1. The van der Waals surface area contributed by atoms with Gasteiger partial charge in [-0.3, -0.25) is 14.9 Å². The van der Waals surface area contributed by atoms with Crippen LogP contribution in [0.3, 0.4) is 0 Å². The Hall–Kier alpha value is -4.41. The lowest BCUT2D eigenvalue weighted by Gasteiger charge is -2.41. The molecule has 11 heteroatoms. The Morgan fingerprint density at radius 3 is 2.27 bits per heavy atom. The van der Waals surface area contributed by atoms with Crippen LogP contribution in [-0.4, -0.2) is 34.5 Å². The lowest BCUT2D eigenvalue weighted by molar-refractivity contribution is -0.138. The molecule has 0 saturated carbocycles. The lowest BCUT2D eigenvalue weighted by Crippen LogP contribution is -2.46. The maximum Gasteiger partial charge on any atom is 0.416 e. The second-order valence-corrected chi connectivity index (χ2v) is 9.62. The van der Waals surface area contributed by atoms with Crippen molar-refractivity contribution in [2.75, 3.05) is 17.2 Å². The lowest BCUT2D eigenvalue weighted by atomic mass is 9.83. The van der Waals surface area contributed by atoms with Gasteiger partial charge in [0.2, 0.25) is 5.91 Å². The van der Waals surface area contributed by atoms with E-state index >= 15 is 0 Å². The Kier molecular flexibility index (Phi) is 7.72. The summed E-state index contributed by atoms with van der Waals surface area (Å²) in [5.74, 6) is -3.15. The Bertz CT molecular complexity index is 1470. The van der Waals surface area contributed by atoms with Gasteiger partial charge in [0.25, 0.3) is 5.91 Å². The number of carbonyl (C=O) groups is 3. The van der Waals surface area contributed by atoms with Gasteiger partial charge in [-0.25, -0.2) is 9.18 Å². The number of piperidine rings is 1. The van der Waals surface area contributed by atoms with Gasteiger partial charge in [0.1, 0.15) is 5.82 Å². The fourth-order valence-electron chi connectivity index (χ4n) is 5.02. The van der Waals surface area contributed by atoms with Crippen molar-refractivity contribution in [2.24, 2.45) is 5.92 Å². The normalized spacial score (nSPS) is 17.6. The number of nitrogens with one attached hydrogen (secondary N) is 2. The number of nitrogens with zero attached hydrogens (tertiary/aromatic N) is 1. The average molecular weight is 559 g/mol. The van der Waals surface area contributed by atoms with Crippen molar-refractivity contribution in [3.8, 4) is 0 Å². The summed E-state index contributed by atoms with van der Waals surface area (Å²) < 4.78 is 63.1. The van der Waals surface area contributed by atoms with E-state index in [0.29, 0.717) is 12.0 Å². The first-order chi connectivity index (χ1) is 19.3. The van der Waals surface area contributed by atoms with Crippen LogP contribution < -0.4 is 10.6 Å². The Balaban J connectivity index is 1.73. The van der Waals surface area contributed by atoms with Crippen LogP contribution in [0.4, 0.5) is 33.7 Å². The molecule has 0 aromatic heterocycles. The van der Waals surface area contributed by atoms with E-state index in [9.17, 15) is 31.9 Å². The number of rotatable bonds is 5. The van der Waals surface area contributed by atoms with Gasteiger partial charge in [-0.1, -0.05) is 30.3 Å². The van der Waals surface area contributed by atoms with Gasteiger partial charge < -0.3 is 15.3 Å². The zero-order valence-electron chi connectivity index (χ0n) is 22.6. The molecule has 3 aromatic rings. The SMILES string of the molecule is [2H]c1cc(C)c(C(=O)N2CCC[C@H](C(=O)Nc3ccc(C)c(C(F)(F)F)c3)[C@@H]2c2ccc(NC(=O)O)cc2)c(F)c1. The van der Waals surface area contributed by atoms with E-state index in [-0.39, 0.29) is 47.1 Å². The highest BCUT2D eigenvalue weighted by atomic mass is 19.4. The number of hydrogen-bond acceptors (Lipinski definition) is 3. The van der Waals surface area contributed by atoms with E-state index in [1.54, 1.807) is 0 Å². The Morgan fingerprint density at radius 2 is 1.65 bits per heavy atom. The molecule has 0 unspecified atom stereocenters. The molecule has 1 aliphatic rings. The molecule has 1 aliphatic heterocycles. The summed E-state index contributed by atoms with van der Waals surface area (Å²) >= 11 is 0. The van der Waals surface area contributed by atoms with E-state index in [2.05, 4.69) is 10.6 Å². The zero-order chi connectivity index (χ0) is 30.1. The van der Waals surface area contributed by atoms with Crippen molar-refractivity contribution >= 4 is 29.3 Å². The van der Waals surface area contributed by atoms with Crippen molar-refractivity contribution in [2.45, 2.75) is 38.9 Å². The average Bonchev–Trinajstić information content (AvgIpc) is 2.88. The summed E-state index contributed by atoms with van der Waals surface area (Å²) in [4.78, 5) is 39.7. The summed E-state index contributed by atoms with van der Waals surface area (Å²) in [6, 6.07) is 10.6. The molecule has 7 nitrogen and oxygen atoms in total. The van der Waals surface area contributed by atoms with Crippen LogP contribution in [0.15, 0.2) is 60.6 Å². The van der Waals surface area contributed by atoms with Gasteiger partial charge in [0, 0.05) is 17.9 Å². The fraction of sp³-hybridized carbons (Fsp3) is 0.276. The van der Waals surface area contributed by atoms with Crippen LogP contribution in [-0.2, 0) is 11.0 Å². The highest BCUT2D eigenvalue weighted by Gasteiger charge is 2.41. The van der Waals surface area contributed by atoms with E-state index < -0.39 is 47.4 Å². The minimum absolute atomic E-state index is 0.00559. The molecule has 1 fully saturated rings. The minimum atomic E-state index is -4.62. The number of anilines is 2. The highest BCUT2D eigenvalue weighted by Crippen LogP contribution is 2.39. The van der Waals surface area contributed by atoms with Crippen LogP contribution in [0, 0.1) is 25.6 Å². The molecule has 0 bridgehead atoms. The monoisotopic (exact) mass is 558 g/mol. The maximum atomic E-state index is 14.9. The van der Waals surface area contributed by atoms with Gasteiger partial charge >= 0.3 is 12.3 Å². The molecule has 1 saturated heterocycles. The molecule has 3 aromatic carbocycles. The number of hydrogen-bond donors (Lipinski definition) is 3. The third-order valence-electron chi connectivity index (χ3n) is 6.90. The van der Waals surface area contributed by atoms with Gasteiger partial charge in [-0.2, -0.15) is 13.2 Å². The number of alkyl halides is 3. The number of amides is 3. The third kappa shape index (κ3) is 6.08. The largest absolute Gasteiger partial charge is 0.465 e. The third-order valence-corrected chi connectivity index (χ3v) is 6.90. The quantitative estimate of drug-likeness (QED) is 0.301. The standard InChI is InChI=1S/C29H27F4N3O4/c1-16-8-11-20(15-22(16)29(31,32)33)34-26(37)21-6-4-14-36(27(38)24-17(2)5-3-7-23(24)30)25(21)18-9-12-19(13-10-18)35-28(39)40/h3,5,7-13,15,21,25,35H,4,6,14H2,1-2H3,(H,34,37)(H,39,40)/t21-,25-/m0/s1/i3D. The minimum Gasteiger partial charge on any atom is -0.465 e. The molecule has 0 spiro atoms. The molecular weight excluding hydrogens is 530 g/mol. The fourth-order valence-corrected chi connectivity index (χ4v) is 5.02. The van der Waals surface area contributed by atoms with Crippen LogP contribution in [0.2, 0.25) is 0 Å². The number of aryl methyl sites for hydroxylation is 2. The summed E-state index contributed by atoms with van der Waals surface area (Å²) in [5.41, 5.74) is -0.279. The zero-order valence-corrected chi connectivity index (χ0v) is 21.6. The second kappa shape index (κ2) is 11.4. The van der Waals surface area contributed by atoms with E-state index in [4.69, 9.17) is 6.48 Å². The van der Waals surface area contributed by atoms with E-state index in [1.165, 1.54) is 61.2 Å². The molecule has 40 heavy (non-hydrogen) atoms. The van der Waals surface area contributed by atoms with Crippen LogP contribution in [0.5, 0.6) is 0 Å². The highest BCUT2D eigenvalue weighted by molar-refractivity contribution is 5.98. The summed E-state index contributed by atoms with van der Waals surface area (Å²) in [6.07, 6.45) is -5.27. The van der Waals surface area contributed by atoms with Crippen molar-refractivity contribution in [3.05, 3.63) is 94.3 Å². The molecule has 4 rings (SSSR count). The predicted molar refractivity (Wildman–Crippen MR) is 141 cm³/mol. The van der Waals surface area contributed by atoms with Gasteiger partial charge in [-0.05, 0) is 73.7 Å². The molecule has 0 aliphatic carbocycles. The van der Waals surface area contributed by atoms with Crippen molar-refractivity contribution in [1.29, 1.82) is 0 Å². The van der Waals surface area contributed by atoms with Crippen LogP contribution in [0.25, 0.3) is 0 Å². The first-order valence-electron chi connectivity index (χ1n) is 12.9. The number of carboxylic acid groups (broad SMARTS) is 1. The smallest absolute Gasteiger partial charge is 0.416 e. The van der Waals surface area contributed by atoms with Crippen molar-refractivity contribution < 1.29 is 38.4 Å². The van der Waals surface area contributed by atoms with Gasteiger partial charge in [-0.15, -0.1) is 0 Å². The van der Waals surface area contributed by atoms with E-state index in [1.807, 2.05) is 0 Å². The Morgan fingerprint density at radius 1 is 0.975 bits per heavy atom. The summed E-state index contributed by atoms with van der Waals surface area (Å²) in [6.45, 7) is 2.97. The maximum absolute atomic E-state index is 14.9. The number of carbonyl (C=O) groups excluding carboxylic acids is 2.